The molecule has 0 saturated carbocycles. The maximum Gasteiger partial charge on any atom is 0.100 e. The molecule has 2 nitrogen and oxygen atoms in total. The molecule has 1 aliphatic rings. The lowest BCUT2D eigenvalue weighted by Gasteiger charge is -2.32. The van der Waals surface area contributed by atoms with E-state index in [1.807, 2.05) is 0 Å². The minimum absolute atomic E-state index is 0.623. The number of hydrogen-bond donors (Lipinski definition) is 0. The minimum Gasteiger partial charge on any atom is -0.356 e. The standard InChI is InChI=1S/C29H58N2/c1-4-7-9-11-13-14-15-16-17-18-19-20-22-24-26-31-28-27-30(29(31)6-3)25-23-21-12-10-8-5-2/h27-29H,4-26H2,1-3H3. The van der Waals surface area contributed by atoms with E-state index in [9.17, 15) is 0 Å². The number of unbranched alkanes of at least 4 members (excludes halogenated alkanes) is 18. The van der Waals surface area contributed by atoms with E-state index in [1.54, 1.807) is 0 Å². The van der Waals surface area contributed by atoms with Gasteiger partial charge in [0.15, 0.2) is 0 Å². The predicted molar refractivity (Wildman–Crippen MR) is 140 cm³/mol. The van der Waals surface area contributed by atoms with Gasteiger partial charge in [0, 0.05) is 25.5 Å². The van der Waals surface area contributed by atoms with Crippen molar-refractivity contribution in [1.29, 1.82) is 0 Å². The Bertz CT molecular complexity index is 392. The van der Waals surface area contributed by atoms with E-state index in [4.69, 9.17) is 0 Å². The molecule has 0 N–H and O–H groups in total. The molecule has 0 saturated heterocycles. The molecule has 1 atom stereocenters. The summed E-state index contributed by atoms with van der Waals surface area (Å²) in [5, 5.41) is 0. The molecule has 1 rings (SSSR count). The summed E-state index contributed by atoms with van der Waals surface area (Å²) in [7, 11) is 0. The highest BCUT2D eigenvalue weighted by Crippen LogP contribution is 2.21. The molecular formula is C29H58N2. The fourth-order valence-corrected chi connectivity index (χ4v) is 5.04. The Morgan fingerprint density at radius 2 is 0.710 bits per heavy atom. The fourth-order valence-electron chi connectivity index (χ4n) is 5.04. The van der Waals surface area contributed by atoms with Gasteiger partial charge in [-0.2, -0.15) is 0 Å². The Morgan fingerprint density at radius 1 is 0.419 bits per heavy atom. The van der Waals surface area contributed by atoms with Gasteiger partial charge in [-0.05, 0) is 19.3 Å². The Labute approximate surface area is 197 Å². The largest absolute Gasteiger partial charge is 0.356 e. The van der Waals surface area contributed by atoms with Crippen LogP contribution in [-0.4, -0.2) is 29.1 Å². The van der Waals surface area contributed by atoms with E-state index in [0.29, 0.717) is 6.17 Å². The second-order valence-electron chi connectivity index (χ2n) is 10.0. The highest BCUT2D eigenvalue weighted by atomic mass is 15.4. The van der Waals surface area contributed by atoms with E-state index >= 15 is 0 Å². The fraction of sp³-hybridized carbons (Fsp3) is 0.931. The van der Waals surface area contributed by atoms with Gasteiger partial charge in [-0.3, -0.25) is 0 Å². The first-order valence-electron chi connectivity index (χ1n) is 14.5. The second kappa shape index (κ2) is 21.2. The zero-order valence-corrected chi connectivity index (χ0v) is 21.9. The third-order valence-electron chi connectivity index (χ3n) is 7.12. The van der Waals surface area contributed by atoms with Crippen LogP contribution in [0, 0.1) is 0 Å². The molecule has 31 heavy (non-hydrogen) atoms. The highest BCUT2D eigenvalue weighted by molar-refractivity contribution is 4.96. The normalized spacial score (nSPS) is 16.0. The van der Waals surface area contributed by atoms with Crippen molar-refractivity contribution in [3.8, 4) is 0 Å². The first-order chi connectivity index (χ1) is 15.3. The van der Waals surface area contributed by atoms with Crippen LogP contribution < -0.4 is 0 Å². The van der Waals surface area contributed by atoms with Gasteiger partial charge in [0.25, 0.3) is 0 Å². The van der Waals surface area contributed by atoms with Crippen LogP contribution in [0.5, 0.6) is 0 Å². The van der Waals surface area contributed by atoms with Crippen molar-refractivity contribution in [1.82, 2.24) is 9.80 Å². The zero-order valence-electron chi connectivity index (χ0n) is 21.9. The molecule has 0 aromatic rings. The summed E-state index contributed by atoms with van der Waals surface area (Å²) in [6.07, 6.45) is 35.2. The molecule has 2 heteroatoms. The van der Waals surface area contributed by atoms with E-state index in [1.165, 1.54) is 148 Å². The molecule has 0 amide bonds. The molecule has 0 bridgehead atoms. The van der Waals surface area contributed by atoms with Crippen molar-refractivity contribution in [2.24, 2.45) is 0 Å². The van der Waals surface area contributed by atoms with Gasteiger partial charge in [0.05, 0.1) is 0 Å². The lowest BCUT2D eigenvalue weighted by molar-refractivity contribution is 0.144. The van der Waals surface area contributed by atoms with Crippen LogP contribution in [0.3, 0.4) is 0 Å². The summed E-state index contributed by atoms with van der Waals surface area (Å²) in [5.74, 6) is 0. The van der Waals surface area contributed by atoms with Crippen LogP contribution in [0.2, 0.25) is 0 Å². The van der Waals surface area contributed by atoms with Gasteiger partial charge in [-0.15, -0.1) is 0 Å². The second-order valence-corrected chi connectivity index (χ2v) is 10.0. The lowest BCUT2D eigenvalue weighted by atomic mass is 10.0. The quantitative estimate of drug-likeness (QED) is 0.148. The van der Waals surface area contributed by atoms with E-state index in [2.05, 4.69) is 43.0 Å². The Morgan fingerprint density at radius 3 is 1.00 bits per heavy atom. The molecule has 0 aliphatic carbocycles. The van der Waals surface area contributed by atoms with Crippen molar-refractivity contribution in [2.75, 3.05) is 13.1 Å². The lowest BCUT2D eigenvalue weighted by Crippen LogP contribution is -2.38. The summed E-state index contributed by atoms with van der Waals surface area (Å²) >= 11 is 0. The number of rotatable bonds is 23. The average Bonchev–Trinajstić information content (AvgIpc) is 3.18. The first-order valence-corrected chi connectivity index (χ1v) is 14.5. The highest BCUT2D eigenvalue weighted by Gasteiger charge is 2.23. The molecule has 0 radical (unpaired) electrons. The van der Waals surface area contributed by atoms with Gasteiger partial charge in [-0.1, -0.05) is 136 Å². The van der Waals surface area contributed by atoms with Gasteiger partial charge in [0.2, 0.25) is 0 Å². The molecule has 1 unspecified atom stereocenters. The van der Waals surface area contributed by atoms with Crippen LogP contribution in [0.15, 0.2) is 12.4 Å². The molecule has 0 spiro atoms. The third-order valence-corrected chi connectivity index (χ3v) is 7.12. The van der Waals surface area contributed by atoms with Crippen molar-refractivity contribution >= 4 is 0 Å². The summed E-state index contributed by atoms with van der Waals surface area (Å²) in [4.78, 5) is 5.21. The van der Waals surface area contributed by atoms with Gasteiger partial charge in [0.1, 0.15) is 6.17 Å². The maximum atomic E-state index is 2.61. The molecule has 0 aromatic carbocycles. The smallest absolute Gasteiger partial charge is 0.100 e. The predicted octanol–water partition coefficient (Wildman–Crippen LogP) is 9.65. The first kappa shape index (κ1) is 28.4. The molecule has 1 heterocycles. The topological polar surface area (TPSA) is 6.48 Å². The zero-order chi connectivity index (χ0) is 22.4. The monoisotopic (exact) mass is 434 g/mol. The summed E-state index contributed by atoms with van der Waals surface area (Å²) in [5.41, 5.74) is 0. The van der Waals surface area contributed by atoms with Crippen LogP contribution >= 0.6 is 0 Å². The van der Waals surface area contributed by atoms with Crippen LogP contribution in [0.4, 0.5) is 0 Å². The number of nitrogens with zero attached hydrogens (tertiary/aromatic N) is 2. The Kier molecular flexibility index (Phi) is 19.4. The molecular weight excluding hydrogens is 376 g/mol. The summed E-state index contributed by atoms with van der Waals surface area (Å²) < 4.78 is 0. The van der Waals surface area contributed by atoms with Crippen LogP contribution in [0.1, 0.15) is 156 Å². The van der Waals surface area contributed by atoms with Crippen molar-refractivity contribution in [2.45, 2.75) is 162 Å². The summed E-state index contributed by atoms with van der Waals surface area (Å²) in [6, 6.07) is 0. The van der Waals surface area contributed by atoms with E-state index in [-0.39, 0.29) is 0 Å². The van der Waals surface area contributed by atoms with Gasteiger partial charge in [-0.25, -0.2) is 0 Å². The van der Waals surface area contributed by atoms with Gasteiger partial charge < -0.3 is 9.80 Å². The van der Waals surface area contributed by atoms with Gasteiger partial charge >= 0.3 is 0 Å². The van der Waals surface area contributed by atoms with Crippen molar-refractivity contribution in [3.63, 3.8) is 0 Å². The molecule has 0 fully saturated rings. The SMILES string of the molecule is CCCCCCCCCCCCCCCCN1C=CN(CCCCCCCC)C1CC. The maximum absolute atomic E-state index is 2.61. The summed E-state index contributed by atoms with van der Waals surface area (Å²) in [6.45, 7) is 9.45. The third kappa shape index (κ3) is 14.9. The van der Waals surface area contributed by atoms with Crippen LogP contribution in [-0.2, 0) is 0 Å². The Balaban J connectivity index is 1.92. The average molecular weight is 435 g/mol. The minimum atomic E-state index is 0.623. The van der Waals surface area contributed by atoms with Crippen molar-refractivity contribution < 1.29 is 0 Å². The molecule has 184 valence electrons. The number of hydrogen-bond acceptors (Lipinski definition) is 2. The van der Waals surface area contributed by atoms with E-state index in [0.717, 1.165) is 0 Å². The Hall–Kier alpha value is -0.660. The van der Waals surface area contributed by atoms with E-state index < -0.39 is 0 Å². The molecule has 1 aliphatic heterocycles. The van der Waals surface area contributed by atoms with Crippen molar-refractivity contribution in [3.05, 3.63) is 12.4 Å². The van der Waals surface area contributed by atoms with Crippen LogP contribution in [0.25, 0.3) is 0 Å². The molecule has 0 aromatic heterocycles.